The van der Waals surface area contributed by atoms with E-state index in [-0.39, 0.29) is 11.2 Å². The van der Waals surface area contributed by atoms with Gasteiger partial charge in [-0.2, -0.15) is 0 Å². The first-order valence-electron chi connectivity index (χ1n) is 3.29. The minimum absolute atomic E-state index is 0.170. The Morgan fingerprint density at radius 1 is 1.64 bits per heavy atom. The van der Waals surface area contributed by atoms with E-state index in [1.54, 1.807) is 26.4 Å². The molecule has 11 heavy (non-hydrogen) atoms. The average Bonchev–Trinajstić information content (AvgIpc) is 2.01. The molecule has 0 bridgehead atoms. The molecule has 1 heterocycles. The molecule has 0 aliphatic carbocycles. The number of rotatable bonds is 1. The number of aryl methyl sites for hydroxylation is 1. The molecule has 1 aromatic rings. The number of hydrogen-bond donors (Lipinski definition) is 2. The number of pyridine rings is 1. The van der Waals surface area contributed by atoms with Crippen molar-refractivity contribution < 1.29 is 0 Å². The highest BCUT2D eigenvalue weighted by Crippen LogP contribution is 2.09. The molecule has 0 saturated heterocycles. The lowest BCUT2D eigenvalue weighted by Crippen LogP contribution is -2.20. The highest BCUT2D eigenvalue weighted by Gasteiger charge is 2.00. The second kappa shape index (κ2) is 2.65. The summed E-state index contributed by atoms with van der Waals surface area (Å²) >= 11 is 0. The van der Waals surface area contributed by atoms with Crippen LogP contribution in [0.25, 0.3) is 0 Å². The summed E-state index contributed by atoms with van der Waals surface area (Å²) in [6.07, 6.45) is 1.67. The summed E-state index contributed by atoms with van der Waals surface area (Å²) in [6.45, 7) is 0. The highest BCUT2D eigenvalue weighted by atomic mass is 16.1. The van der Waals surface area contributed by atoms with Crippen LogP contribution in [-0.4, -0.2) is 11.6 Å². The average molecular weight is 153 g/mol. The molecule has 3 N–H and O–H groups in total. The Labute approximate surface area is 64.6 Å². The van der Waals surface area contributed by atoms with Crippen molar-refractivity contribution in [2.75, 3.05) is 18.1 Å². The fourth-order valence-electron chi connectivity index (χ4n) is 0.867. The van der Waals surface area contributed by atoms with E-state index in [4.69, 9.17) is 5.73 Å². The minimum atomic E-state index is -0.170. The largest absolute Gasteiger partial charge is 0.393 e. The molecule has 0 aliphatic heterocycles. The van der Waals surface area contributed by atoms with Crippen molar-refractivity contribution in [3.8, 4) is 0 Å². The minimum Gasteiger partial charge on any atom is -0.393 e. The number of nitrogen functional groups attached to an aromatic ring is 1. The van der Waals surface area contributed by atoms with Gasteiger partial charge in [0.1, 0.15) is 5.69 Å². The molecule has 1 aromatic heterocycles. The molecule has 1 rings (SSSR count). The molecule has 60 valence electrons. The van der Waals surface area contributed by atoms with Gasteiger partial charge in [-0.3, -0.25) is 4.79 Å². The molecule has 0 spiro atoms. The van der Waals surface area contributed by atoms with Gasteiger partial charge < -0.3 is 15.6 Å². The van der Waals surface area contributed by atoms with Gasteiger partial charge >= 0.3 is 0 Å². The summed E-state index contributed by atoms with van der Waals surface area (Å²) in [5.74, 6) is 0. The van der Waals surface area contributed by atoms with Crippen LogP contribution in [0.3, 0.4) is 0 Å². The van der Waals surface area contributed by atoms with E-state index in [9.17, 15) is 4.79 Å². The zero-order valence-corrected chi connectivity index (χ0v) is 6.59. The molecule has 0 aromatic carbocycles. The van der Waals surface area contributed by atoms with Crippen molar-refractivity contribution in [3.05, 3.63) is 22.6 Å². The highest BCUT2D eigenvalue weighted by molar-refractivity contribution is 5.63. The van der Waals surface area contributed by atoms with Gasteiger partial charge in [0.15, 0.2) is 0 Å². The first-order chi connectivity index (χ1) is 5.16. The van der Waals surface area contributed by atoms with Gasteiger partial charge in [0, 0.05) is 20.3 Å². The van der Waals surface area contributed by atoms with Gasteiger partial charge in [-0.15, -0.1) is 0 Å². The van der Waals surface area contributed by atoms with Crippen LogP contribution in [0.2, 0.25) is 0 Å². The fraction of sp³-hybridized carbons (Fsp3) is 0.286. The first-order valence-corrected chi connectivity index (χ1v) is 3.29. The SMILES string of the molecule is CNc1ccn(C)c(=O)c1N. The van der Waals surface area contributed by atoms with Crippen molar-refractivity contribution in [3.63, 3.8) is 0 Å². The molecule has 4 heteroatoms. The van der Waals surface area contributed by atoms with E-state index < -0.39 is 0 Å². The lowest BCUT2D eigenvalue weighted by Gasteiger charge is -2.04. The smallest absolute Gasteiger partial charge is 0.275 e. The number of nitrogens with one attached hydrogen (secondary N) is 1. The summed E-state index contributed by atoms with van der Waals surface area (Å²) in [5.41, 5.74) is 6.26. The van der Waals surface area contributed by atoms with E-state index in [2.05, 4.69) is 5.32 Å². The standard InChI is InChI=1S/C7H11N3O/c1-9-5-3-4-10(2)7(11)6(5)8/h3-4,9H,8H2,1-2H3. The number of aromatic nitrogens is 1. The van der Waals surface area contributed by atoms with Gasteiger partial charge in [0.2, 0.25) is 0 Å². The van der Waals surface area contributed by atoms with Crippen LogP contribution >= 0.6 is 0 Å². The zero-order chi connectivity index (χ0) is 8.43. The Balaban J connectivity index is 3.37. The summed E-state index contributed by atoms with van der Waals surface area (Å²) in [5, 5.41) is 2.82. The molecule has 0 radical (unpaired) electrons. The van der Waals surface area contributed by atoms with Gasteiger partial charge in [0.25, 0.3) is 5.56 Å². The molecule has 4 nitrogen and oxygen atoms in total. The van der Waals surface area contributed by atoms with Crippen molar-refractivity contribution in [2.45, 2.75) is 0 Å². The number of hydrogen-bond acceptors (Lipinski definition) is 3. The van der Waals surface area contributed by atoms with Gasteiger partial charge in [-0.25, -0.2) is 0 Å². The van der Waals surface area contributed by atoms with Crippen LogP contribution in [0.15, 0.2) is 17.1 Å². The maximum absolute atomic E-state index is 11.1. The van der Waals surface area contributed by atoms with Gasteiger partial charge in [0.05, 0.1) is 5.69 Å². The topological polar surface area (TPSA) is 60.0 Å². The van der Waals surface area contributed by atoms with Crippen molar-refractivity contribution in [1.82, 2.24) is 4.57 Å². The van der Waals surface area contributed by atoms with E-state index in [1.165, 1.54) is 4.57 Å². The predicted molar refractivity (Wildman–Crippen MR) is 45.6 cm³/mol. The van der Waals surface area contributed by atoms with Crippen molar-refractivity contribution in [1.29, 1.82) is 0 Å². The molecule has 0 amide bonds. The Bertz CT molecular complexity index is 316. The lowest BCUT2D eigenvalue weighted by atomic mass is 10.3. The van der Waals surface area contributed by atoms with E-state index in [0.29, 0.717) is 5.69 Å². The van der Waals surface area contributed by atoms with Crippen molar-refractivity contribution >= 4 is 11.4 Å². The molecule has 0 atom stereocenters. The van der Waals surface area contributed by atoms with Crippen LogP contribution in [-0.2, 0) is 7.05 Å². The first kappa shape index (κ1) is 7.65. The van der Waals surface area contributed by atoms with Crippen LogP contribution in [0.1, 0.15) is 0 Å². The molecule has 0 aliphatic rings. The third kappa shape index (κ3) is 1.19. The Hall–Kier alpha value is -1.45. The summed E-state index contributed by atoms with van der Waals surface area (Å²) in [4.78, 5) is 11.1. The monoisotopic (exact) mass is 153 g/mol. The van der Waals surface area contributed by atoms with Crippen molar-refractivity contribution in [2.24, 2.45) is 7.05 Å². The quantitative estimate of drug-likeness (QED) is 0.597. The maximum atomic E-state index is 11.1. The van der Waals surface area contributed by atoms with Crippen LogP contribution in [0.5, 0.6) is 0 Å². The number of nitrogens with two attached hydrogens (primary N) is 1. The molecule has 0 unspecified atom stereocenters. The van der Waals surface area contributed by atoms with Crippen LogP contribution < -0.4 is 16.6 Å². The summed E-state index contributed by atoms with van der Waals surface area (Å²) in [7, 11) is 3.39. The lowest BCUT2D eigenvalue weighted by molar-refractivity contribution is 0.865. The second-order valence-electron chi connectivity index (χ2n) is 2.31. The van der Waals surface area contributed by atoms with Gasteiger partial charge in [-0.1, -0.05) is 0 Å². The summed E-state index contributed by atoms with van der Waals surface area (Å²) in [6, 6.07) is 1.76. The Kier molecular flexibility index (Phi) is 1.85. The molecule has 0 fully saturated rings. The normalized spacial score (nSPS) is 9.64. The Morgan fingerprint density at radius 2 is 2.27 bits per heavy atom. The van der Waals surface area contributed by atoms with Crippen LogP contribution in [0, 0.1) is 0 Å². The zero-order valence-electron chi connectivity index (χ0n) is 6.59. The van der Waals surface area contributed by atoms with E-state index >= 15 is 0 Å². The molecule has 0 saturated carbocycles. The molecular formula is C7H11N3O. The van der Waals surface area contributed by atoms with E-state index in [1.807, 2.05) is 0 Å². The molecular weight excluding hydrogens is 142 g/mol. The number of nitrogens with zero attached hydrogens (tertiary/aromatic N) is 1. The number of anilines is 2. The third-order valence-corrected chi connectivity index (χ3v) is 1.58. The third-order valence-electron chi connectivity index (χ3n) is 1.58. The van der Waals surface area contributed by atoms with Crippen LogP contribution in [0.4, 0.5) is 11.4 Å². The predicted octanol–water partition coefficient (Wildman–Crippen LogP) is 0.00920. The summed E-state index contributed by atoms with van der Waals surface area (Å²) < 4.78 is 1.44. The second-order valence-corrected chi connectivity index (χ2v) is 2.31. The van der Waals surface area contributed by atoms with E-state index in [0.717, 1.165) is 0 Å². The Morgan fingerprint density at radius 3 is 2.82 bits per heavy atom. The van der Waals surface area contributed by atoms with Gasteiger partial charge in [-0.05, 0) is 6.07 Å². The maximum Gasteiger partial charge on any atom is 0.275 e. The fourth-order valence-corrected chi connectivity index (χ4v) is 0.867.